The number of nitrogens with one attached hydrogen (secondary N) is 3. The lowest BCUT2D eigenvalue weighted by Crippen LogP contribution is -2.25. The highest BCUT2D eigenvalue weighted by Crippen LogP contribution is 2.37. The zero-order chi connectivity index (χ0) is 88.7. The second-order valence-electron chi connectivity index (χ2n) is 33.2. The molecule has 0 fully saturated rings. The number of hydrazone groups is 3. The number of pyridine rings is 1. The minimum absolute atomic E-state index is 0.0650. The Morgan fingerprint density at radius 1 is 0.296 bits per heavy atom. The lowest BCUT2D eigenvalue weighted by molar-refractivity contribution is -0.123. The standard InChI is InChI=1S/C105H156N8O12/c1-7-13-19-25-31-37-43-49-69-117-96-66-55-86(75-99(96)120-72-52-46-40-34-28-22-16-10-4)80-107-111-102(114)83-123-91-62-58-89(59-63-91)93-78-95(110-105(94(93)79-106)125-85-104(116)113-109-82-88-57-68-98(119-71-51-45-39-33-27-21-15-9-3)101(77-88)122-74-54-48-42-36-30-24-18-12-6)90-60-64-92(65-61-90)124-84-103(115)112-108-81-87-56-67-97(118-70-50-44-38-32-26-20-14-8-2)100(76-87)121-73-53-47-41-35-29-23-17-11-5/h55-68,75-78,80-82H,7-54,69-74,83-85H2,1-6H3,(H,111,114)(H,112,115)(H,113,116)/b107-80+,108-81+,109-82+. The number of rotatable bonds is 77. The average Bonchev–Trinajstić information content (AvgIpc) is 0.786. The minimum atomic E-state index is -0.596. The van der Waals surface area contributed by atoms with Gasteiger partial charge in [0.1, 0.15) is 23.1 Å². The Bertz CT molecular complexity index is 3970. The van der Waals surface area contributed by atoms with Gasteiger partial charge >= 0.3 is 0 Å². The fourth-order valence-electron chi connectivity index (χ4n) is 14.6. The molecule has 0 aliphatic rings. The van der Waals surface area contributed by atoms with Crippen LogP contribution >= 0.6 is 0 Å². The normalized spacial score (nSPS) is 11.3. The predicted octanol–water partition coefficient (Wildman–Crippen LogP) is 27.0. The first-order valence-electron chi connectivity index (χ1n) is 48.8. The Labute approximate surface area is 752 Å². The van der Waals surface area contributed by atoms with Gasteiger partial charge in [-0.1, -0.05) is 323 Å². The number of nitrogens with zero attached hydrogens (tertiary/aromatic N) is 5. The van der Waals surface area contributed by atoms with Gasteiger partial charge in [-0.2, -0.15) is 20.6 Å². The first-order valence-corrected chi connectivity index (χ1v) is 48.8. The summed E-state index contributed by atoms with van der Waals surface area (Å²) in [7, 11) is 0. The first kappa shape index (κ1) is 104. The van der Waals surface area contributed by atoms with E-state index < -0.39 is 24.3 Å². The summed E-state index contributed by atoms with van der Waals surface area (Å²) in [5, 5.41) is 23.7. The van der Waals surface area contributed by atoms with Crippen LogP contribution in [0.5, 0.6) is 51.9 Å². The van der Waals surface area contributed by atoms with E-state index in [-0.39, 0.29) is 24.7 Å². The number of nitriles is 1. The molecule has 1 heterocycles. The molecular weight excluding hydrogens is 1570 g/mol. The second kappa shape index (κ2) is 69.6. The van der Waals surface area contributed by atoms with Crippen LogP contribution in [0.15, 0.2) is 124 Å². The van der Waals surface area contributed by atoms with Crippen molar-refractivity contribution in [2.75, 3.05) is 59.5 Å². The van der Waals surface area contributed by atoms with E-state index >= 15 is 0 Å². The molecule has 6 aromatic rings. The summed E-state index contributed by atoms with van der Waals surface area (Å²) in [5.41, 5.74) is 12.1. The van der Waals surface area contributed by atoms with E-state index in [1.807, 2.05) is 54.6 Å². The second-order valence-corrected chi connectivity index (χ2v) is 33.2. The molecule has 0 aliphatic heterocycles. The first-order chi connectivity index (χ1) is 61.6. The molecule has 20 nitrogen and oxygen atoms in total. The number of aromatic nitrogens is 1. The summed E-state index contributed by atoms with van der Waals surface area (Å²) in [6.07, 6.45) is 62.6. The molecule has 6 rings (SSSR count). The number of hydrogen-bond acceptors (Lipinski definition) is 17. The summed E-state index contributed by atoms with van der Waals surface area (Å²) in [5.74, 6) is 3.16. The van der Waals surface area contributed by atoms with Gasteiger partial charge in [-0.3, -0.25) is 14.4 Å². The van der Waals surface area contributed by atoms with Crippen molar-refractivity contribution in [1.29, 1.82) is 5.26 Å². The van der Waals surface area contributed by atoms with Crippen molar-refractivity contribution in [1.82, 2.24) is 21.3 Å². The molecule has 0 atom stereocenters. The van der Waals surface area contributed by atoms with Crippen molar-refractivity contribution >= 4 is 36.4 Å². The number of carbonyl (C=O) groups excluding carboxylic acids is 3. The van der Waals surface area contributed by atoms with Crippen LogP contribution in [-0.4, -0.2) is 101 Å². The van der Waals surface area contributed by atoms with Crippen molar-refractivity contribution in [3.8, 4) is 80.3 Å². The number of ether oxygens (including phenoxy) is 9. The molecule has 3 N–H and O–H groups in total. The van der Waals surface area contributed by atoms with Gasteiger partial charge < -0.3 is 42.6 Å². The molecule has 0 saturated heterocycles. The molecule has 0 unspecified atom stereocenters. The summed E-state index contributed by atoms with van der Waals surface area (Å²) < 4.78 is 56.0. The molecule has 0 radical (unpaired) electrons. The fourth-order valence-corrected chi connectivity index (χ4v) is 14.6. The molecule has 1 aromatic heterocycles. The van der Waals surface area contributed by atoms with Gasteiger partial charge in [-0.15, -0.1) is 0 Å². The molecule has 0 bridgehead atoms. The highest BCUT2D eigenvalue weighted by atomic mass is 16.5. The van der Waals surface area contributed by atoms with Gasteiger partial charge in [-0.25, -0.2) is 21.3 Å². The van der Waals surface area contributed by atoms with Crippen LogP contribution in [0.2, 0.25) is 0 Å². The van der Waals surface area contributed by atoms with E-state index in [0.29, 0.717) is 114 Å². The third kappa shape index (κ3) is 47.5. The number of carbonyl (C=O) groups is 3. The summed E-state index contributed by atoms with van der Waals surface area (Å²) >= 11 is 0. The maximum atomic E-state index is 13.7. The highest BCUT2D eigenvalue weighted by Gasteiger charge is 2.20. The fraction of sp³-hybridized carbons (Fsp3) is 0.600. The number of amides is 3. The Kier molecular flexibility index (Phi) is 57.9. The quantitative estimate of drug-likeness (QED) is 0.0183. The van der Waals surface area contributed by atoms with Crippen LogP contribution in [-0.2, 0) is 14.4 Å². The topological polar surface area (TPSA) is 244 Å². The Balaban J connectivity index is 1.13. The minimum Gasteiger partial charge on any atom is -0.490 e. The van der Waals surface area contributed by atoms with Gasteiger partial charge in [-0.05, 0) is 158 Å². The van der Waals surface area contributed by atoms with E-state index in [2.05, 4.69) is 79.2 Å². The van der Waals surface area contributed by atoms with E-state index in [1.54, 1.807) is 73.2 Å². The van der Waals surface area contributed by atoms with E-state index in [1.165, 1.54) is 231 Å². The molecule has 688 valence electrons. The number of benzene rings is 5. The van der Waals surface area contributed by atoms with E-state index in [0.717, 1.165) is 88.2 Å². The Morgan fingerprint density at radius 3 is 0.816 bits per heavy atom. The molecule has 5 aromatic carbocycles. The lowest BCUT2D eigenvalue weighted by atomic mass is 9.98. The number of hydrogen-bond donors (Lipinski definition) is 3. The van der Waals surface area contributed by atoms with Crippen molar-refractivity contribution < 1.29 is 57.0 Å². The van der Waals surface area contributed by atoms with Crippen molar-refractivity contribution in [2.24, 2.45) is 15.3 Å². The average molecular weight is 1720 g/mol. The third-order valence-corrected chi connectivity index (χ3v) is 22.1. The molecule has 3 amide bonds. The van der Waals surface area contributed by atoms with Crippen LogP contribution in [0, 0.1) is 11.3 Å². The largest absolute Gasteiger partial charge is 0.490 e. The van der Waals surface area contributed by atoms with Crippen LogP contribution in [0.4, 0.5) is 0 Å². The maximum absolute atomic E-state index is 13.7. The zero-order valence-electron chi connectivity index (χ0n) is 77.6. The Morgan fingerprint density at radius 2 is 0.544 bits per heavy atom. The molecule has 0 spiro atoms. The van der Waals surface area contributed by atoms with Crippen molar-refractivity contribution in [3.05, 3.63) is 131 Å². The molecule has 20 heteroatoms. The molecule has 0 saturated carbocycles. The van der Waals surface area contributed by atoms with Crippen LogP contribution in [0.1, 0.15) is 372 Å². The van der Waals surface area contributed by atoms with E-state index in [9.17, 15) is 19.6 Å². The predicted molar refractivity (Wildman–Crippen MR) is 511 cm³/mol. The van der Waals surface area contributed by atoms with Crippen molar-refractivity contribution in [2.45, 2.75) is 350 Å². The third-order valence-electron chi connectivity index (χ3n) is 22.1. The smallest absolute Gasteiger partial charge is 0.278 e. The van der Waals surface area contributed by atoms with Gasteiger partial charge in [0.05, 0.1) is 64.0 Å². The molecule has 125 heavy (non-hydrogen) atoms. The summed E-state index contributed by atoms with van der Waals surface area (Å²) in [6, 6.07) is 35.0. The molecular formula is C105H156N8O12. The van der Waals surface area contributed by atoms with Gasteiger partial charge in [0.15, 0.2) is 54.3 Å². The SMILES string of the molecule is CCCCCCCCCCOc1ccc(/C=N/NC(=O)COc2ccc(-c3cc(-c4ccc(OCC(=O)N/N=C/c5ccc(OCCCCCCCCCC)c(OCCCCCCCCCC)c5)cc4)c(C#N)c(OCC(=O)N/N=C/c4ccc(OCCCCCCCCCC)c(OCCCCCCCCCC)c4)n3)cc2)cc1OCCCCCCCCCC. The Hall–Kier alpha value is -9.64. The highest BCUT2D eigenvalue weighted by molar-refractivity contribution is 5.86. The van der Waals surface area contributed by atoms with Crippen LogP contribution < -0.4 is 58.9 Å². The van der Waals surface area contributed by atoms with Crippen LogP contribution in [0.3, 0.4) is 0 Å². The monoisotopic (exact) mass is 1720 g/mol. The summed E-state index contributed by atoms with van der Waals surface area (Å²) in [4.78, 5) is 45.0. The lowest BCUT2D eigenvalue weighted by Gasteiger charge is -2.14. The molecule has 0 aliphatic carbocycles. The van der Waals surface area contributed by atoms with Gasteiger partial charge in [0.25, 0.3) is 17.7 Å². The van der Waals surface area contributed by atoms with Crippen molar-refractivity contribution in [3.63, 3.8) is 0 Å². The van der Waals surface area contributed by atoms with Crippen LogP contribution in [0.25, 0.3) is 22.4 Å². The summed E-state index contributed by atoms with van der Waals surface area (Å²) in [6.45, 7) is 15.8. The van der Waals surface area contributed by atoms with Gasteiger partial charge in [0, 0.05) is 11.1 Å². The zero-order valence-corrected chi connectivity index (χ0v) is 77.6. The van der Waals surface area contributed by atoms with E-state index in [4.69, 9.17) is 47.6 Å². The number of unbranched alkanes of at least 4 members (excludes halogenated alkanes) is 42. The maximum Gasteiger partial charge on any atom is 0.278 e. The van der Waals surface area contributed by atoms with Gasteiger partial charge in [0.2, 0.25) is 5.88 Å².